The summed E-state index contributed by atoms with van der Waals surface area (Å²) < 4.78 is 0. The number of anilines is 1. The molecule has 4 nitrogen and oxygen atoms in total. The molecule has 21 heavy (non-hydrogen) atoms. The van der Waals surface area contributed by atoms with Crippen LogP contribution in [0.15, 0.2) is 48.5 Å². The lowest BCUT2D eigenvalue weighted by Crippen LogP contribution is -2.48. The molecule has 1 aliphatic heterocycles. The first-order valence-corrected chi connectivity index (χ1v) is 7.02. The zero-order valence-electron chi connectivity index (χ0n) is 11.9. The van der Waals surface area contributed by atoms with Gasteiger partial charge in [0, 0.05) is 25.3 Å². The summed E-state index contributed by atoms with van der Waals surface area (Å²) in [4.78, 5) is 14.2. The van der Waals surface area contributed by atoms with Crippen molar-refractivity contribution >= 4 is 11.6 Å². The number of carbonyl (C=O) groups is 1. The predicted molar refractivity (Wildman–Crippen MR) is 82.3 cm³/mol. The molecule has 108 valence electrons. The molecule has 2 N–H and O–H groups in total. The van der Waals surface area contributed by atoms with Crippen molar-refractivity contribution in [3.05, 3.63) is 59.7 Å². The van der Waals surface area contributed by atoms with E-state index < -0.39 is 0 Å². The number of phenolic OH excluding ortho intramolecular Hbond substituents is 1. The van der Waals surface area contributed by atoms with E-state index in [-0.39, 0.29) is 17.7 Å². The minimum absolute atomic E-state index is 0.00935. The van der Waals surface area contributed by atoms with Gasteiger partial charge < -0.3 is 15.3 Å². The van der Waals surface area contributed by atoms with Crippen LogP contribution in [0.3, 0.4) is 0 Å². The molecule has 2 aromatic carbocycles. The number of nitrogens with one attached hydrogen (secondary N) is 1. The van der Waals surface area contributed by atoms with Gasteiger partial charge in [0.05, 0.1) is 6.04 Å². The number of aromatic hydroxyl groups is 1. The van der Waals surface area contributed by atoms with Crippen LogP contribution < -0.4 is 10.2 Å². The molecule has 0 fully saturated rings. The maximum absolute atomic E-state index is 12.6. The maximum atomic E-state index is 12.6. The molecule has 0 aliphatic carbocycles. The molecule has 2 aromatic rings. The van der Waals surface area contributed by atoms with E-state index in [1.54, 1.807) is 30.1 Å². The molecule has 0 radical (unpaired) electrons. The molecule has 1 heterocycles. The first kappa shape index (κ1) is 13.6. The smallest absolute Gasteiger partial charge is 0.244 e. The Morgan fingerprint density at radius 3 is 2.71 bits per heavy atom. The van der Waals surface area contributed by atoms with Crippen molar-refractivity contribution in [2.75, 3.05) is 11.9 Å². The van der Waals surface area contributed by atoms with E-state index in [1.807, 2.05) is 18.2 Å². The van der Waals surface area contributed by atoms with Crippen molar-refractivity contribution in [2.24, 2.45) is 0 Å². The van der Waals surface area contributed by atoms with Crippen molar-refractivity contribution in [3.63, 3.8) is 0 Å². The number of benzene rings is 2. The van der Waals surface area contributed by atoms with Gasteiger partial charge in [-0.3, -0.25) is 4.79 Å². The third-order valence-electron chi connectivity index (χ3n) is 3.93. The number of rotatable bonds is 2. The van der Waals surface area contributed by atoms with Crippen LogP contribution in [-0.2, 0) is 17.8 Å². The van der Waals surface area contributed by atoms with Gasteiger partial charge in [-0.15, -0.1) is 0 Å². The van der Waals surface area contributed by atoms with Gasteiger partial charge in [-0.2, -0.15) is 0 Å². The minimum atomic E-state index is -0.229. The summed E-state index contributed by atoms with van der Waals surface area (Å²) in [5, 5.41) is 12.8. The number of nitrogens with zero attached hydrogens (tertiary/aromatic N) is 1. The molecule has 3 rings (SSSR count). The summed E-state index contributed by atoms with van der Waals surface area (Å²) in [5.41, 5.74) is 3.17. The Labute approximate surface area is 124 Å². The molecule has 4 heteroatoms. The summed E-state index contributed by atoms with van der Waals surface area (Å²) in [6.07, 6.45) is 0.693. The average molecular weight is 282 g/mol. The Morgan fingerprint density at radius 2 is 1.95 bits per heavy atom. The second-order valence-electron chi connectivity index (χ2n) is 5.32. The van der Waals surface area contributed by atoms with Gasteiger partial charge in [0.2, 0.25) is 5.91 Å². The number of hydrogen-bond acceptors (Lipinski definition) is 3. The summed E-state index contributed by atoms with van der Waals surface area (Å²) in [5.74, 6) is 0.171. The third-order valence-corrected chi connectivity index (χ3v) is 3.93. The fourth-order valence-electron chi connectivity index (χ4n) is 2.69. The molecule has 0 aromatic heterocycles. The monoisotopic (exact) mass is 282 g/mol. The van der Waals surface area contributed by atoms with E-state index in [1.165, 1.54) is 11.1 Å². The molecule has 1 amide bonds. The summed E-state index contributed by atoms with van der Waals surface area (Å²) >= 11 is 0. The number of likely N-dealkylation sites (N-methyl/N-ethyl adjacent to an activating group) is 1. The van der Waals surface area contributed by atoms with Gasteiger partial charge in [0.25, 0.3) is 0 Å². The highest BCUT2D eigenvalue weighted by Crippen LogP contribution is 2.22. The van der Waals surface area contributed by atoms with Crippen LogP contribution in [0.2, 0.25) is 0 Å². The fourth-order valence-corrected chi connectivity index (χ4v) is 2.69. The van der Waals surface area contributed by atoms with Crippen LogP contribution in [0.1, 0.15) is 11.1 Å². The molecule has 0 bridgehead atoms. The standard InChI is InChI=1S/C17H18N2O2/c1-19(14-7-4-8-15(20)10-14)17(21)16-9-12-5-2-3-6-13(12)11-18-16/h2-8,10,16,18,20H,9,11H2,1H3/t16-/m1/s1. The zero-order chi connectivity index (χ0) is 14.8. The molecule has 0 spiro atoms. The largest absolute Gasteiger partial charge is 0.508 e. The Balaban J connectivity index is 1.77. The summed E-state index contributed by atoms with van der Waals surface area (Å²) in [7, 11) is 1.74. The molecular weight excluding hydrogens is 264 g/mol. The second kappa shape index (κ2) is 5.58. The van der Waals surface area contributed by atoms with Gasteiger partial charge >= 0.3 is 0 Å². The van der Waals surface area contributed by atoms with Gasteiger partial charge in [-0.25, -0.2) is 0 Å². The first-order valence-electron chi connectivity index (χ1n) is 7.02. The number of amides is 1. The van der Waals surface area contributed by atoms with Gasteiger partial charge in [-0.05, 0) is 29.7 Å². The average Bonchev–Trinajstić information content (AvgIpc) is 2.53. The Bertz CT molecular complexity index is 669. The van der Waals surface area contributed by atoms with Crippen molar-refractivity contribution in [3.8, 4) is 5.75 Å². The quantitative estimate of drug-likeness (QED) is 0.886. The van der Waals surface area contributed by atoms with E-state index in [0.29, 0.717) is 18.7 Å². The summed E-state index contributed by atoms with van der Waals surface area (Å²) in [6, 6.07) is 14.7. The second-order valence-corrected chi connectivity index (χ2v) is 5.32. The predicted octanol–water partition coefficient (Wildman–Crippen LogP) is 2.07. The van der Waals surface area contributed by atoms with E-state index in [4.69, 9.17) is 0 Å². The van der Waals surface area contributed by atoms with Crippen LogP contribution in [0.4, 0.5) is 5.69 Å². The molecule has 0 unspecified atom stereocenters. The van der Waals surface area contributed by atoms with E-state index in [2.05, 4.69) is 17.4 Å². The maximum Gasteiger partial charge on any atom is 0.244 e. The molecule has 1 atom stereocenters. The van der Waals surface area contributed by atoms with Crippen LogP contribution in [0.5, 0.6) is 5.75 Å². The minimum Gasteiger partial charge on any atom is -0.508 e. The lowest BCUT2D eigenvalue weighted by Gasteiger charge is -2.29. The van der Waals surface area contributed by atoms with Crippen LogP contribution >= 0.6 is 0 Å². The number of carbonyl (C=O) groups excluding carboxylic acids is 1. The molecule has 0 saturated heterocycles. The van der Waals surface area contributed by atoms with Gasteiger partial charge in [-0.1, -0.05) is 30.3 Å². The SMILES string of the molecule is CN(C(=O)[C@H]1Cc2ccccc2CN1)c1cccc(O)c1. The van der Waals surface area contributed by atoms with E-state index in [9.17, 15) is 9.90 Å². The fraction of sp³-hybridized carbons (Fsp3) is 0.235. The molecular formula is C17H18N2O2. The number of phenols is 1. The van der Waals surface area contributed by atoms with Crippen molar-refractivity contribution in [1.29, 1.82) is 0 Å². The highest BCUT2D eigenvalue weighted by molar-refractivity contribution is 5.97. The summed E-state index contributed by atoms with van der Waals surface area (Å²) in [6.45, 7) is 0.709. The number of hydrogen-bond donors (Lipinski definition) is 2. The van der Waals surface area contributed by atoms with E-state index >= 15 is 0 Å². The Morgan fingerprint density at radius 1 is 1.19 bits per heavy atom. The van der Waals surface area contributed by atoms with Gasteiger partial charge in [0.15, 0.2) is 0 Å². The normalized spacial score (nSPS) is 17.1. The lowest BCUT2D eigenvalue weighted by molar-refractivity contribution is -0.120. The molecule has 1 aliphatic rings. The van der Waals surface area contributed by atoms with Crippen molar-refractivity contribution in [2.45, 2.75) is 19.0 Å². The Kier molecular flexibility index (Phi) is 3.62. The lowest BCUT2D eigenvalue weighted by atomic mass is 9.95. The van der Waals surface area contributed by atoms with Gasteiger partial charge in [0.1, 0.15) is 5.75 Å². The first-order chi connectivity index (χ1) is 10.1. The molecule has 0 saturated carbocycles. The van der Waals surface area contributed by atoms with Crippen molar-refractivity contribution < 1.29 is 9.90 Å². The highest BCUT2D eigenvalue weighted by Gasteiger charge is 2.26. The Hall–Kier alpha value is -2.33. The number of fused-ring (bicyclic) bond motifs is 1. The third kappa shape index (κ3) is 2.76. The highest BCUT2D eigenvalue weighted by atomic mass is 16.3. The topological polar surface area (TPSA) is 52.6 Å². The van der Waals surface area contributed by atoms with Crippen LogP contribution in [0.25, 0.3) is 0 Å². The van der Waals surface area contributed by atoms with Crippen LogP contribution in [-0.4, -0.2) is 24.1 Å². The van der Waals surface area contributed by atoms with Crippen molar-refractivity contribution in [1.82, 2.24) is 5.32 Å². The van der Waals surface area contributed by atoms with Crippen LogP contribution in [0, 0.1) is 0 Å². The van der Waals surface area contributed by atoms with E-state index in [0.717, 1.165) is 0 Å². The zero-order valence-corrected chi connectivity index (χ0v) is 11.9.